The molecule has 1 aromatic heterocycles. The highest BCUT2D eigenvalue weighted by molar-refractivity contribution is 6.42. The van der Waals surface area contributed by atoms with Crippen LogP contribution in [0.5, 0.6) is 5.75 Å². The third kappa shape index (κ3) is 5.43. The maximum Gasteiger partial charge on any atom is 0.266 e. The lowest BCUT2D eigenvalue weighted by Gasteiger charge is -2.14. The van der Waals surface area contributed by atoms with Gasteiger partial charge in [-0.3, -0.25) is 9.36 Å². The Labute approximate surface area is 223 Å². The minimum atomic E-state index is -0.424. The summed E-state index contributed by atoms with van der Waals surface area (Å²) in [6.07, 6.45) is 3.61. The Balaban J connectivity index is 1.44. The van der Waals surface area contributed by atoms with Crippen molar-refractivity contribution in [2.24, 2.45) is 0 Å². The molecule has 0 atom stereocenters. The summed E-state index contributed by atoms with van der Waals surface area (Å²) < 4.78 is 21.4. The number of aryl methyl sites for hydroxylation is 1. The second kappa shape index (κ2) is 10.6. The lowest BCUT2D eigenvalue weighted by Crippen LogP contribution is -2.23. The number of para-hydroxylation sites is 1. The molecule has 0 N–H and O–H groups in total. The van der Waals surface area contributed by atoms with Crippen molar-refractivity contribution in [2.75, 3.05) is 0 Å². The largest absolute Gasteiger partial charge is 0.489 e. The zero-order chi connectivity index (χ0) is 25.9. The van der Waals surface area contributed by atoms with E-state index in [4.69, 9.17) is 32.9 Å². The number of aromatic nitrogens is 2. The third-order valence-electron chi connectivity index (χ3n) is 5.91. The fourth-order valence-corrected chi connectivity index (χ4v) is 4.28. The molecular weight excluding hydrogens is 510 g/mol. The van der Waals surface area contributed by atoms with Gasteiger partial charge >= 0.3 is 0 Å². The van der Waals surface area contributed by atoms with E-state index in [0.717, 1.165) is 16.7 Å². The number of halogens is 3. The van der Waals surface area contributed by atoms with Crippen LogP contribution in [0.4, 0.5) is 4.39 Å². The smallest absolute Gasteiger partial charge is 0.266 e. The van der Waals surface area contributed by atoms with Crippen LogP contribution in [-0.2, 0) is 6.61 Å². The summed E-state index contributed by atoms with van der Waals surface area (Å²) in [4.78, 5) is 18.1. The first-order valence-corrected chi connectivity index (χ1v) is 12.3. The van der Waals surface area contributed by atoms with Gasteiger partial charge in [0.2, 0.25) is 0 Å². The predicted molar refractivity (Wildman–Crippen MR) is 148 cm³/mol. The molecule has 0 radical (unpaired) electrons. The number of hydrogen-bond acceptors (Lipinski definition) is 3. The van der Waals surface area contributed by atoms with Crippen LogP contribution >= 0.6 is 23.2 Å². The average molecular weight is 531 g/mol. The van der Waals surface area contributed by atoms with E-state index in [-0.39, 0.29) is 5.56 Å². The fourth-order valence-electron chi connectivity index (χ4n) is 3.96. The van der Waals surface area contributed by atoms with E-state index >= 15 is 0 Å². The summed E-state index contributed by atoms with van der Waals surface area (Å²) in [5.74, 6) is 0.670. The lowest BCUT2D eigenvalue weighted by molar-refractivity contribution is 0.306. The zero-order valence-corrected chi connectivity index (χ0v) is 21.3. The Morgan fingerprint density at radius 3 is 2.49 bits per heavy atom. The van der Waals surface area contributed by atoms with Gasteiger partial charge in [0, 0.05) is 0 Å². The summed E-state index contributed by atoms with van der Waals surface area (Å²) in [6.45, 7) is 2.19. The highest BCUT2D eigenvalue weighted by atomic mass is 35.5. The van der Waals surface area contributed by atoms with Gasteiger partial charge in [-0.05, 0) is 78.2 Å². The van der Waals surface area contributed by atoms with Gasteiger partial charge in [0.15, 0.2) is 0 Å². The van der Waals surface area contributed by atoms with Gasteiger partial charge < -0.3 is 4.74 Å². The minimum Gasteiger partial charge on any atom is -0.489 e. The van der Waals surface area contributed by atoms with Gasteiger partial charge in [0.1, 0.15) is 24.0 Å². The van der Waals surface area contributed by atoms with E-state index in [2.05, 4.69) is 0 Å². The summed E-state index contributed by atoms with van der Waals surface area (Å²) >= 11 is 12.0. The standard InChI is InChI=1S/C30H21Cl2FN2O2/c1-19-6-11-22(33)17-28(19)35-29(34-27-5-3-2-4-24(27)30(35)36)15-10-20-7-12-23(13-8-20)37-18-21-9-14-25(31)26(32)16-21/h2-17H,18H2,1H3. The molecule has 0 aliphatic carbocycles. The number of fused-ring (bicyclic) bond motifs is 1. The first kappa shape index (κ1) is 24.8. The van der Waals surface area contributed by atoms with E-state index in [0.29, 0.717) is 44.8 Å². The van der Waals surface area contributed by atoms with E-state index in [9.17, 15) is 9.18 Å². The highest BCUT2D eigenvalue weighted by Crippen LogP contribution is 2.24. The molecule has 4 aromatic carbocycles. The molecule has 7 heteroatoms. The third-order valence-corrected chi connectivity index (χ3v) is 6.65. The Morgan fingerprint density at radius 2 is 1.70 bits per heavy atom. The molecule has 5 rings (SSSR count). The fraction of sp³-hybridized carbons (Fsp3) is 0.0667. The quantitative estimate of drug-likeness (QED) is 0.224. The maximum atomic E-state index is 14.1. The average Bonchev–Trinajstić information content (AvgIpc) is 2.90. The number of nitrogens with zero attached hydrogens (tertiary/aromatic N) is 2. The Hall–Kier alpha value is -3.93. The van der Waals surface area contributed by atoms with Crippen molar-refractivity contribution in [3.8, 4) is 11.4 Å². The van der Waals surface area contributed by atoms with Crippen LogP contribution < -0.4 is 10.3 Å². The monoisotopic (exact) mass is 530 g/mol. The molecule has 0 saturated heterocycles. The van der Waals surface area contributed by atoms with Crippen LogP contribution in [0.15, 0.2) is 89.7 Å². The predicted octanol–water partition coefficient (Wildman–Crippen LogP) is 7.89. The molecule has 4 nitrogen and oxygen atoms in total. The van der Waals surface area contributed by atoms with Crippen LogP contribution in [0.25, 0.3) is 28.7 Å². The van der Waals surface area contributed by atoms with Crippen molar-refractivity contribution < 1.29 is 9.13 Å². The van der Waals surface area contributed by atoms with E-state index in [1.807, 2.05) is 49.4 Å². The van der Waals surface area contributed by atoms with E-state index in [1.54, 1.807) is 42.5 Å². The van der Waals surface area contributed by atoms with E-state index < -0.39 is 5.82 Å². The SMILES string of the molecule is Cc1ccc(F)cc1-n1c(C=Cc2ccc(OCc3ccc(Cl)c(Cl)c3)cc2)nc2ccccc2c1=O. The molecule has 0 fully saturated rings. The van der Waals surface area contributed by atoms with Gasteiger partial charge in [-0.15, -0.1) is 0 Å². The summed E-state index contributed by atoms with van der Waals surface area (Å²) in [7, 11) is 0. The van der Waals surface area contributed by atoms with Crippen LogP contribution in [0, 0.1) is 12.7 Å². The molecule has 0 unspecified atom stereocenters. The molecule has 0 aliphatic rings. The highest BCUT2D eigenvalue weighted by Gasteiger charge is 2.13. The molecule has 0 saturated carbocycles. The van der Waals surface area contributed by atoms with Crippen molar-refractivity contribution in [1.82, 2.24) is 9.55 Å². The number of benzene rings is 4. The van der Waals surface area contributed by atoms with E-state index in [1.165, 1.54) is 16.7 Å². The van der Waals surface area contributed by atoms with Crippen LogP contribution in [0.1, 0.15) is 22.5 Å². The van der Waals surface area contributed by atoms with Crippen LogP contribution in [-0.4, -0.2) is 9.55 Å². The minimum absolute atomic E-state index is 0.259. The van der Waals surface area contributed by atoms with Gasteiger partial charge in [0.05, 0.1) is 26.6 Å². The normalized spacial score (nSPS) is 11.4. The number of rotatable bonds is 6. The van der Waals surface area contributed by atoms with Gasteiger partial charge in [0.25, 0.3) is 5.56 Å². The summed E-state index contributed by atoms with van der Waals surface area (Å²) in [5, 5.41) is 1.45. The van der Waals surface area contributed by atoms with Gasteiger partial charge in [-0.2, -0.15) is 0 Å². The molecule has 37 heavy (non-hydrogen) atoms. The molecule has 0 spiro atoms. The number of hydrogen-bond donors (Lipinski definition) is 0. The zero-order valence-electron chi connectivity index (χ0n) is 19.8. The molecule has 0 bridgehead atoms. The first-order chi connectivity index (χ1) is 17.9. The van der Waals surface area contributed by atoms with Crippen molar-refractivity contribution >= 4 is 46.3 Å². The number of ether oxygens (including phenoxy) is 1. The molecule has 184 valence electrons. The van der Waals surface area contributed by atoms with Crippen molar-refractivity contribution in [1.29, 1.82) is 0 Å². The van der Waals surface area contributed by atoms with Crippen LogP contribution in [0.2, 0.25) is 10.0 Å². The second-order valence-corrected chi connectivity index (χ2v) is 9.31. The van der Waals surface area contributed by atoms with Gasteiger partial charge in [-0.1, -0.05) is 65.7 Å². The van der Waals surface area contributed by atoms with Gasteiger partial charge in [-0.25, -0.2) is 9.37 Å². The molecule has 0 aliphatic heterocycles. The van der Waals surface area contributed by atoms with Crippen molar-refractivity contribution in [2.45, 2.75) is 13.5 Å². The molecule has 0 amide bonds. The Bertz CT molecular complexity index is 1700. The Kier molecular flexibility index (Phi) is 7.08. The second-order valence-electron chi connectivity index (χ2n) is 8.50. The topological polar surface area (TPSA) is 44.1 Å². The molecular formula is C30H21Cl2FN2O2. The van der Waals surface area contributed by atoms with Crippen LogP contribution in [0.3, 0.4) is 0 Å². The summed E-state index contributed by atoms with van der Waals surface area (Å²) in [6, 6.07) is 24.4. The van der Waals surface area contributed by atoms with Crippen molar-refractivity contribution in [3.05, 3.63) is 134 Å². The lowest BCUT2D eigenvalue weighted by atomic mass is 10.1. The summed E-state index contributed by atoms with van der Waals surface area (Å²) in [5.41, 5.74) is 3.32. The molecule has 5 aromatic rings. The Morgan fingerprint density at radius 1 is 0.919 bits per heavy atom. The van der Waals surface area contributed by atoms with Crippen molar-refractivity contribution in [3.63, 3.8) is 0 Å². The maximum absolute atomic E-state index is 14.1. The first-order valence-electron chi connectivity index (χ1n) is 11.5. The molecule has 1 heterocycles.